The molecule has 0 aliphatic rings. The van der Waals surface area contributed by atoms with Crippen molar-refractivity contribution in [2.24, 2.45) is 0 Å². The lowest BCUT2D eigenvalue weighted by atomic mass is 9.97. The minimum atomic E-state index is -4.60. The van der Waals surface area contributed by atoms with E-state index in [1.54, 1.807) is 13.8 Å². The van der Waals surface area contributed by atoms with Gasteiger partial charge in [-0.2, -0.15) is 13.2 Å². The number of benzene rings is 2. The molecule has 2 rings (SSSR count). The number of carbonyl (C=O) groups is 2. The van der Waals surface area contributed by atoms with Crippen molar-refractivity contribution < 1.29 is 22.8 Å². The molecule has 0 aliphatic heterocycles. The highest BCUT2D eigenvalue weighted by atomic mass is 79.9. The predicted octanol–water partition coefficient (Wildman–Crippen LogP) is 7.41. The van der Waals surface area contributed by atoms with E-state index in [0.29, 0.717) is 15.6 Å². The highest BCUT2D eigenvalue weighted by Crippen LogP contribution is 2.41. The molecule has 0 radical (unpaired) electrons. The fourth-order valence-corrected chi connectivity index (χ4v) is 4.30. The van der Waals surface area contributed by atoms with Crippen LogP contribution in [0.3, 0.4) is 0 Å². The fraction of sp³-hybridized carbons (Fsp3) is 0.304. The van der Waals surface area contributed by atoms with Crippen LogP contribution in [-0.2, 0) is 4.79 Å². The molecule has 0 aliphatic carbocycles. The van der Waals surface area contributed by atoms with Gasteiger partial charge in [0.2, 0.25) is 5.91 Å². The van der Waals surface area contributed by atoms with Crippen LogP contribution in [-0.4, -0.2) is 30.1 Å². The summed E-state index contributed by atoms with van der Waals surface area (Å²) in [5.74, 6) is -2.60. The van der Waals surface area contributed by atoms with Crippen molar-refractivity contribution in [3.05, 3.63) is 72.6 Å². The zero-order valence-corrected chi connectivity index (χ0v) is 22.1. The standard InChI is InChI=1S/C23H21BrCl3F3N2O2/c1-12(33)32-22(2,3)11-31-21(34)15-6-4-13(8-17(15)24)5-7-16(23(28,29)30)14-9-18(25)20(27)19(26)10-14/h4-10,16H,11H2,1-3H3,(H,31,34)(H,32,33)/b7-5+. The van der Waals surface area contributed by atoms with Gasteiger partial charge in [0, 0.05) is 17.9 Å². The molecule has 1 atom stereocenters. The monoisotopic (exact) mass is 598 g/mol. The largest absolute Gasteiger partial charge is 0.399 e. The lowest BCUT2D eigenvalue weighted by molar-refractivity contribution is -0.139. The average Bonchev–Trinajstić information content (AvgIpc) is 2.68. The number of rotatable bonds is 7. The SMILES string of the molecule is CC(=O)NC(C)(C)CNC(=O)c1ccc(/C=C/C(c2cc(Cl)c(Cl)c(Cl)c2)C(F)(F)F)cc1Br. The van der Waals surface area contributed by atoms with Gasteiger partial charge in [-0.25, -0.2) is 0 Å². The van der Waals surface area contributed by atoms with E-state index in [9.17, 15) is 22.8 Å². The second-order valence-electron chi connectivity index (χ2n) is 8.16. The van der Waals surface area contributed by atoms with Crippen LogP contribution in [0.1, 0.15) is 48.2 Å². The lowest BCUT2D eigenvalue weighted by Gasteiger charge is -2.26. The summed E-state index contributed by atoms with van der Waals surface area (Å²) in [4.78, 5) is 23.8. The van der Waals surface area contributed by atoms with E-state index in [0.717, 1.165) is 18.2 Å². The van der Waals surface area contributed by atoms with Crippen molar-refractivity contribution in [3.8, 4) is 0 Å². The Morgan fingerprint density at radius 3 is 2.18 bits per heavy atom. The minimum Gasteiger partial charge on any atom is -0.350 e. The van der Waals surface area contributed by atoms with Crippen LogP contribution in [0, 0.1) is 0 Å². The number of nitrogens with one attached hydrogen (secondary N) is 2. The zero-order valence-electron chi connectivity index (χ0n) is 18.3. The van der Waals surface area contributed by atoms with Crippen molar-refractivity contribution >= 4 is 68.6 Å². The Kier molecular flexibility index (Phi) is 9.50. The van der Waals surface area contributed by atoms with Crippen LogP contribution in [0.5, 0.6) is 0 Å². The quantitative estimate of drug-likeness (QED) is 0.325. The molecule has 0 heterocycles. The number of carbonyl (C=O) groups excluding carboxylic acids is 2. The molecule has 4 nitrogen and oxygen atoms in total. The maximum absolute atomic E-state index is 13.7. The molecule has 2 N–H and O–H groups in total. The van der Waals surface area contributed by atoms with Crippen LogP contribution < -0.4 is 10.6 Å². The van der Waals surface area contributed by atoms with Crippen LogP contribution in [0.4, 0.5) is 13.2 Å². The maximum Gasteiger partial charge on any atom is 0.399 e. The minimum absolute atomic E-state index is 0.0183. The highest BCUT2D eigenvalue weighted by molar-refractivity contribution is 9.10. The van der Waals surface area contributed by atoms with Crippen molar-refractivity contribution in [2.45, 2.75) is 38.4 Å². The first-order chi connectivity index (χ1) is 15.6. The summed E-state index contributed by atoms with van der Waals surface area (Å²) in [7, 11) is 0. The molecule has 11 heteroatoms. The van der Waals surface area contributed by atoms with Crippen LogP contribution >= 0.6 is 50.7 Å². The third-order valence-corrected chi connectivity index (χ3v) is 6.50. The molecular formula is C23H21BrCl3F3N2O2. The van der Waals surface area contributed by atoms with E-state index in [1.807, 2.05) is 0 Å². The van der Waals surface area contributed by atoms with Gasteiger partial charge >= 0.3 is 6.18 Å². The molecule has 1 unspecified atom stereocenters. The topological polar surface area (TPSA) is 58.2 Å². The van der Waals surface area contributed by atoms with E-state index >= 15 is 0 Å². The first-order valence-electron chi connectivity index (χ1n) is 9.86. The third kappa shape index (κ3) is 7.90. The van der Waals surface area contributed by atoms with Crippen molar-refractivity contribution in [3.63, 3.8) is 0 Å². The van der Waals surface area contributed by atoms with Gasteiger partial charge in [0.15, 0.2) is 0 Å². The molecule has 0 spiro atoms. The molecule has 0 bridgehead atoms. The zero-order chi connectivity index (χ0) is 25.8. The Bertz CT molecular complexity index is 1100. The molecule has 2 amide bonds. The molecule has 34 heavy (non-hydrogen) atoms. The van der Waals surface area contributed by atoms with Gasteiger partial charge in [0.25, 0.3) is 5.91 Å². The number of amides is 2. The van der Waals surface area contributed by atoms with E-state index in [4.69, 9.17) is 34.8 Å². The number of halogens is 7. The summed E-state index contributed by atoms with van der Waals surface area (Å²) in [6.45, 7) is 5.08. The fourth-order valence-electron chi connectivity index (χ4n) is 3.11. The van der Waals surface area contributed by atoms with Gasteiger partial charge in [-0.3, -0.25) is 9.59 Å². The maximum atomic E-state index is 13.7. The molecule has 0 aromatic heterocycles. The Morgan fingerprint density at radius 2 is 1.68 bits per heavy atom. The van der Waals surface area contributed by atoms with Gasteiger partial charge in [0.05, 0.1) is 32.1 Å². The van der Waals surface area contributed by atoms with E-state index in [2.05, 4.69) is 26.6 Å². The van der Waals surface area contributed by atoms with Crippen molar-refractivity contribution in [1.82, 2.24) is 10.6 Å². The van der Waals surface area contributed by atoms with Crippen LogP contribution in [0.25, 0.3) is 6.08 Å². The summed E-state index contributed by atoms with van der Waals surface area (Å²) in [5.41, 5.74) is -0.0849. The number of hydrogen-bond acceptors (Lipinski definition) is 2. The summed E-state index contributed by atoms with van der Waals surface area (Å²) in [6, 6.07) is 6.79. The molecular weight excluding hydrogens is 580 g/mol. The van der Waals surface area contributed by atoms with E-state index in [-0.39, 0.29) is 33.1 Å². The van der Waals surface area contributed by atoms with Crippen LogP contribution in [0.2, 0.25) is 15.1 Å². The number of allylic oxidation sites excluding steroid dienone is 1. The third-order valence-electron chi connectivity index (χ3n) is 4.64. The Balaban J connectivity index is 2.23. The van der Waals surface area contributed by atoms with E-state index in [1.165, 1.54) is 31.2 Å². The number of alkyl halides is 3. The van der Waals surface area contributed by atoms with Gasteiger partial charge in [-0.15, -0.1) is 0 Å². The van der Waals surface area contributed by atoms with Gasteiger partial charge in [-0.1, -0.05) is 53.0 Å². The first kappa shape index (κ1) is 28.5. The summed E-state index contributed by atoms with van der Waals surface area (Å²) >= 11 is 20.9. The number of hydrogen-bond donors (Lipinski definition) is 2. The second kappa shape index (κ2) is 11.3. The lowest BCUT2D eigenvalue weighted by Crippen LogP contribution is -2.50. The van der Waals surface area contributed by atoms with Gasteiger partial charge < -0.3 is 10.6 Å². The molecule has 184 valence electrons. The van der Waals surface area contributed by atoms with Crippen molar-refractivity contribution in [1.29, 1.82) is 0 Å². The smallest absolute Gasteiger partial charge is 0.350 e. The normalized spacial score (nSPS) is 13.1. The Labute approximate surface area is 219 Å². The molecule has 0 saturated carbocycles. The molecule has 0 saturated heterocycles. The first-order valence-corrected chi connectivity index (χ1v) is 11.8. The molecule has 2 aromatic carbocycles. The van der Waals surface area contributed by atoms with Crippen molar-refractivity contribution in [2.75, 3.05) is 6.54 Å². The summed E-state index contributed by atoms with van der Waals surface area (Å²) in [6.07, 6.45) is -2.33. The van der Waals surface area contributed by atoms with E-state index < -0.39 is 23.5 Å². The van der Waals surface area contributed by atoms with Gasteiger partial charge in [-0.05, 0) is 65.2 Å². The highest BCUT2D eigenvalue weighted by Gasteiger charge is 2.39. The second-order valence-corrected chi connectivity index (χ2v) is 10.2. The summed E-state index contributed by atoms with van der Waals surface area (Å²) < 4.78 is 41.6. The van der Waals surface area contributed by atoms with Crippen LogP contribution in [0.15, 0.2) is 40.9 Å². The average molecular weight is 601 g/mol. The molecule has 0 fully saturated rings. The summed E-state index contributed by atoms with van der Waals surface area (Å²) in [5, 5.41) is 5.27. The van der Waals surface area contributed by atoms with Gasteiger partial charge in [0.1, 0.15) is 0 Å². The Morgan fingerprint density at radius 1 is 1.09 bits per heavy atom. The Hall–Kier alpha value is -1.74. The predicted molar refractivity (Wildman–Crippen MR) is 134 cm³/mol. The molecule has 2 aromatic rings.